The molecule has 3 heteroatoms. The number of halogens is 1. The molecule has 0 aromatic rings. The summed E-state index contributed by atoms with van der Waals surface area (Å²) in [6, 6.07) is 0.893. The van der Waals surface area contributed by atoms with Crippen molar-refractivity contribution in [1.82, 2.24) is 9.80 Å². The predicted octanol–water partition coefficient (Wildman–Crippen LogP) is 1.94. The SMILES string of the molecule is BrCC1(CN2CCN3CCCC3C2)CC1. The van der Waals surface area contributed by atoms with Gasteiger partial charge < -0.3 is 0 Å². The standard InChI is InChI=1S/C12H21BrN2/c13-9-12(3-4-12)10-14-6-7-15-5-1-2-11(15)8-14/h11H,1-10H2. The largest absolute Gasteiger partial charge is 0.300 e. The molecule has 0 amide bonds. The van der Waals surface area contributed by atoms with Gasteiger partial charge in [-0.1, -0.05) is 15.9 Å². The smallest absolute Gasteiger partial charge is 0.0224 e. The lowest BCUT2D eigenvalue weighted by Gasteiger charge is -2.39. The molecule has 1 unspecified atom stereocenters. The van der Waals surface area contributed by atoms with E-state index >= 15 is 0 Å². The molecule has 0 aromatic heterocycles. The summed E-state index contributed by atoms with van der Waals surface area (Å²) in [6.07, 6.45) is 5.77. The second-order valence-electron chi connectivity index (χ2n) is 5.70. The van der Waals surface area contributed by atoms with Gasteiger partial charge in [0, 0.05) is 37.6 Å². The average Bonchev–Trinajstić information content (AvgIpc) is 2.88. The fourth-order valence-corrected chi connectivity index (χ4v) is 3.92. The molecule has 0 aromatic carbocycles. The van der Waals surface area contributed by atoms with Crippen molar-refractivity contribution in [2.75, 3.05) is 38.1 Å². The summed E-state index contributed by atoms with van der Waals surface area (Å²) in [5.74, 6) is 0. The summed E-state index contributed by atoms with van der Waals surface area (Å²) in [7, 11) is 0. The van der Waals surface area contributed by atoms with Crippen LogP contribution in [0, 0.1) is 5.41 Å². The Balaban J connectivity index is 1.55. The maximum Gasteiger partial charge on any atom is 0.0224 e. The van der Waals surface area contributed by atoms with Crippen LogP contribution in [-0.4, -0.2) is 53.9 Å². The molecule has 0 N–H and O–H groups in total. The van der Waals surface area contributed by atoms with Gasteiger partial charge in [0.15, 0.2) is 0 Å². The van der Waals surface area contributed by atoms with Gasteiger partial charge in [-0.05, 0) is 37.6 Å². The second kappa shape index (κ2) is 4.01. The van der Waals surface area contributed by atoms with E-state index in [0.29, 0.717) is 5.41 Å². The Labute approximate surface area is 101 Å². The summed E-state index contributed by atoms with van der Waals surface area (Å²) < 4.78 is 0. The zero-order valence-electron chi connectivity index (χ0n) is 9.42. The highest BCUT2D eigenvalue weighted by molar-refractivity contribution is 9.09. The van der Waals surface area contributed by atoms with Crippen molar-refractivity contribution < 1.29 is 0 Å². The topological polar surface area (TPSA) is 6.48 Å². The van der Waals surface area contributed by atoms with Crippen LogP contribution in [0.15, 0.2) is 0 Å². The average molecular weight is 273 g/mol. The van der Waals surface area contributed by atoms with E-state index in [-0.39, 0.29) is 0 Å². The summed E-state index contributed by atoms with van der Waals surface area (Å²) in [6.45, 7) is 6.69. The van der Waals surface area contributed by atoms with Crippen LogP contribution in [0.1, 0.15) is 25.7 Å². The van der Waals surface area contributed by atoms with Gasteiger partial charge in [-0.15, -0.1) is 0 Å². The van der Waals surface area contributed by atoms with Crippen molar-refractivity contribution in [2.24, 2.45) is 5.41 Å². The van der Waals surface area contributed by atoms with Crippen molar-refractivity contribution in [1.29, 1.82) is 0 Å². The molecule has 2 nitrogen and oxygen atoms in total. The first kappa shape index (κ1) is 10.5. The van der Waals surface area contributed by atoms with Crippen molar-refractivity contribution in [3.63, 3.8) is 0 Å². The number of nitrogens with zero attached hydrogens (tertiary/aromatic N) is 2. The summed E-state index contributed by atoms with van der Waals surface area (Å²) in [5.41, 5.74) is 0.667. The normalized spacial score (nSPS) is 35.4. The van der Waals surface area contributed by atoms with Gasteiger partial charge in [0.25, 0.3) is 0 Å². The lowest BCUT2D eigenvalue weighted by atomic mass is 10.1. The minimum Gasteiger partial charge on any atom is -0.300 e. The molecule has 1 saturated carbocycles. The zero-order chi connectivity index (χ0) is 10.3. The van der Waals surface area contributed by atoms with Crippen LogP contribution in [0.4, 0.5) is 0 Å². The molecule has 3 fully saturated rings. The maximum atomic E-state index is 3.68. The molecule has 2 saturated heterocycles. The van der Waals surface area contributed by atoms with Gasteiger partial charge in [0.1, 0.15) is 0 Å². The van der Waals surface area contributed by atoms with Crippen LogP contribution in [0.2, 0.25) is 0 Å². The molecular formula is C12H21BrN2. The van der Waals surface area contributed by atoms with Gasteiger partial charge in [0.2, 0.25) is 0 Å². The lowest BCUT2D eigenvalue weighted by molar-refractivity contribution is 0.0912. The molecule has 0 bridgehead atoms. The first-order chi connectivity index (χ1) is 7.31. The molecule has 15 heavy (non-hydrogen) atoms. The number of hydrogen-bond donors (Lipinski definition) is 0. The minimum atomic E-state index is 0.667. The van der Waals surface area contributed by atoms with E-state index in [1.165, 1.54) is 63.7 Å². The fourth-order valence-electron chi connectivity index (χ4n) is 3.18. The third kappa shape index (κ3) is 2.11. The Morgan fingerprint density at radius 1 is 1.20 bits per heavy atom. The Hall–Kier alpha value is 0.400. The fraction of sp³-hybridized carbons (Fsp3) is 1.00. The van der Waals surface area contributed by atoms with Crippen molar-refractivity contribution in [3.05, 3.63) is 0 Å². The molecule has 3 aliphatic rings. The monoisotopic (exact) mass is 272 g/mol. The van der Waals surface area contributed by atoms with Gasteiger partial charge in [-0.25, -0.2) is 0 Å². The van der Waals surface area contributed by atoms with Crippen LogP contribution >= 0.6 is 15.9 Å². The van der Waals surface area contributed by atoms with Crippen molar-refractivity contribution >= 4 is 15.9 Å². The first-order valence-electron chi connectivity index (χ1n) is 6.34. The highest BCUT2D eigenvalue weighted by Gasteiger charge is 2.44. The highest BCUT2D eigenvalue weighted by atomic mass is 79.9. The maximum absolute atomic E-state index is 3.68. The molecule has 1 atom stereocenters. The molecule has 1 aliphatic carbocycles. The van der Waals surface area contributed by atoms with E-state index in [1.807, 2.05) is 0 Å². The van der Waals surface area contributed by atoms with E-state index in [9.17, 15) is 0 Å². The Bertz CT molecular complexity index is 240. The number of hydrogen-bond acceptors (Lipinski definition) is 2. The highest BCUT2D eigenvalue weighted by Crippen LogP contribution is 2.47. The molecule has 2 heterocycles. The Morgan fingerprint density at radius 2 is 2.07 bits per heavy atom. The molecule has 2 aliphatic heterocycles. The van der Waals surface area contributed by atoms with Crippen LogP contribution in [0.5, 0.6) is 0 Å². The third-order valence-electron chi connectivity index (χ3n) is 4.47. The first-order valence-corrected chi connectivity index (χ1v) is 7.46. The van der Waals surface area contributed by atoms with Crippen LogP contribution < -0.4 is 0 Å². The van der Waals surface area contributed by atoms with E-state index in [1.54, 1.807) is 0 Å². The zero-order valence-corrected chi connectivity index (χ0v) is 11.0. The molecular weight excluding hydrogens is 252 g/mol. The third-order valence-corrected chi connectivity index (χ3v) is 5.66. The van der Waals surface area contributed by atoms with Gasteiger partial charge >= 0.3 is 0 Å². The molecule has 3 rings (SSSR count). The number of rotatable bonds is 3. The predicted molar refractivity (Wildman–Crippen MR) is 66.5 cm³/mol. The molecule has 0 spiro atoms. The van der Waals surface area contributed by atoms with E-state index in [0.717, 1.165) is 6.04 Å². The van der Waals surface area contributed by atoms with Crippen LogP contribution in [0.25, 0.3) is 0 Å². The molecule has 0 radical (unpaired) electrons. The van der Waals surface area contributed by atoms with E-state index < -0.39 is 0 Å². The lowest BCUT2D eigenvalue weighted by Crippen LogP contribution is -2.51. The Morgan fingerprint density at radius 3 is 2.80 bits per heavy atom. The van der Waals surface area contributed by atoms with E-state index in [2.05, 4.69) is 25.7 Å². The second-order valence-corrected chi connectivity index (χ2v) is 6.26. The van der Waals surface area contributed by atoms with Gasteiger partial charge in [0.05, 0.1) is 0 Å². The van der Waals surface area contributed by atoms with Gasteiger partial charge in [-0.3, -0.25) is 9.80 Å². The summed E-state index contributed by atoms with van der Waals surface area (Å²) >= 11 is 3.68. The number of fused-ring (bicyclic) bond motifs is 1. The van der Waals surface area contributed by atoms with Crippen LogP contribution in [-0.2, 0) is 0 Å². The summed E-state index contributed by atoms with van der Waals surface area (Å²) in [4.78, 5) is 5.42. The number of piperazine rings is 1. The van der Waals surface area contributed by atoms with Gasteiger partial charge in [-0.2, -0.15) is 0 Å². The quantitative estimate of drug-likeness (QED) is 0.725. The number of alkyl halides is 1. The minimum absolute atomic E-state index is 0.667. The van der Waals surface area contributed by atoms with Crippen molar-refractivity contribution in [3.8, 4) is 0 Å². The van der Waals surface area contributed by atoms with Crippen molar-refractivity contribution in [2.45, 2.75) is 31.7 Å². The van der Waals surface area contributed by atoms with Crippen LogP contribution in [0.3, 0.4) is 0 Å². The van der Waals surface area contributed by atoms with E-state index in [4.69, 9.17) is 0 Å². The molecule has 86 valence electrons. The summed E-state index contributed by atoms with van der Waals surface area (Å²) in [5, 5.41) is 1.21. The Kier molecular flexibility index (Phi) is 2.82.